The summed E-state index contributed by atoms with van der Waals surface area (Å²) in [6.07, 6.45) is 4.48. The number of hydrogen-bond acceptors (Lipinski definition) is 4. The molecule has 0 radical (unpaired) electrons. The van der Waals surface area contributed by atoms with Crippen LogP contribution in [0.4, 0.5) is 4.39 Å². The third kappa shape index (κ3) is 5.20. The van der Waals surface area contributed by atoms with Crippen molar-refractivity contribution >= 4 is 40.1 Å². The summed E-state index contributed by atoms with van der Waals surface area (Å²) in [5.74, 6) is 0.000682. The summed E-state index contributed by atoms with van der Waals surface area (Å²) < 4.78 is 24.7. The smallest absolute Gasteiger partial charge is 0.339 e. The molecule has 0 fully saturated rings. The summed E-state index contributed by atoms with van der Waals surface area (Å²) in [5, 5.41) is 1.41. The van der Waals surface area contributed by atoms with Crippen LogP contribution in [0.25, 0.3) is 22.6 Å². The minimum atomic E-state index is -0.386. The fourth-order valence-corrected chi connectivity index (χ4v) is 4.49. The van der Waals surface area contributed by atoms with E-state index in [9.17, 15) is 9.18 Å². The van der Waals surface area contributed by atoms with Crippen LogP contribution in [0, 0.1) is 5.82 Å². The van der Waals surface area contributed by atoms with Crippen molar-refractivity contribution in [3.63, 3.8) is 0 Å². The lowest BCUT2D eigenvalue weighted by Crippen LogP contribution is -2.17. The minimum Gasteiger partial charge on any atom is -0.490 e. The number of ether oxygens (including phenoxy) is 2. The second kappa shape index (κ2) is 10.3. The molecule has 0 saturated carbocycles. The molecule has 3 aromatic carbocycles. The van der Waals surface area contributed by atoms with Gasteiger partial charge in [-0.15, -0.1) is 0 Å². The first kappa shape index (κ1) is 23.1. The number of carbonyl (C=O) groups is 1. The predicted octanol–water partition coefficient (Wildman–Crippen LogP) is 7.14. The third-order valence-corrected chi connectivity index (χ3v) is 6.24. The van der Waals surface area contributed by atoms with Gasteiger partial charge in [-0.05, 0) is 84.5 Å². The van der Waals surface area contributed by atoms with Gasteiger partial charge in [0.25, 0.3) is 0 Å². The van der Waals surface area contributed by atoms with Gasteiger partial charge in [-0.2, -0.15) is 0 Å². The van der Waals surface area contributed by atoms with Gasteiger partial charge >= 0.3 is 5.97 Å². The molecule has 1 aliphatic rings. The fourth-order valence-electron chi connectivity index (χ4n) is 4.37. The van der Waals surface area contributed by atoms with Crippen molar-refractivity contribution in [2.45, 2.75) is 19.3 Å². The zero-order chi connectivity index (χ0) is 24.2. The van der Waals surface area contributed by atoms with Gasteiger partial charge in [0.2, 0.25) is 0 Å². The second-order valence-electron chi connectivity index (χ2n) is 8.34. The Labute approximate surface area is 208 Å². The van der Waals surface area contributed by atoms with Gasteiger partial charge in [0.15, 0.2) is 0 Å². The number of halogens is 2. The Kier molecular flexibility index (Phi) is 6.77. The molecule has 0 spiro atoms. The zero-order valence-corrected chi connectivity index (χ0v) is 19.7. The fraction of sp³-hybridized carbons (Fsp3) is 0.172. The molecule has 5 rings (SSSR count). The van der Waals surface area contributed by atoms with Gasteiger partial charge < -0.3 is 9.47 Å². The first-order chi connectivity index (χ1) is 17.1. The molecule has 0 atom stereocenters. The molecule has 0 saturated heterocycles. The van der Waals surface area contributed by atoms with Gasteiger partial charge in [-0.1, -0.05) is 41.9 Å². The maximum absolute atomic E-state index is 13.4. The molecule has 0 aliphatic heterocycles. The number of allylic oxidation sites excluding steroid dienone is 1. The summed E-state index contributed by atoms with van der Waals surface area (Å²) >= 11 is 5.90. The molecule has 0 amide bonds. The quantitative estimate of drug-likeness (QED) is 0.214. The first-order valence-corrected chi connectivity index (χ1v) is 11.9. The molecular formula is C29H23ClFNO3. The van der Waals surface area contributed by atoms with Gasteiger partial charge in [-0.3, -0.25) is 0 Å². The van der Waals surface area contributed by atoms with Crippen LogP contribution in [-0.2, 0) is 11.2 Å². The largest absolute Gasteiger partial charge is 0.490 e. The average Bonchev–Trinajstić information content (AvgIpc) is 2.88. The van der Waals surface area contributed by atoms with Crippen LogP contribution in [0.1, 0.15) is 40.0 Å². The molecule has 4 nitrogen and oxygen atoms in total. The van der Waals surface area contributed by atoms with E-state index in [-0.39, 0.29) is 25.0 Å². The maximum atomic E-state index is 13.4. The van der Waals surface area contributed by atoms with Crippen LogP contribution in [0.5, 0.6) is 5.75 Å². The molecule has 35 heavy (non-hydrogen) atoms. The van der Waals surface area contributed by atoms with E-state index in [1.54, 1.807) is 36.4 Å². The van der Waals surface area contributed by atoms with Gasteiger partial charge in [-0.25, -0.2) is 14.2 Å². The van der Waals surface area contributed by atoms with Crippen molar-refractivity contribution in [2.75, 3.05) is 13.2 Å². The highest BCUT2D eigenvalue weighted by molar-refractivity contribution is 6.30. The number of carbonyl (C=O) groups excluding carboxylic acids is 1. The average molecular weight is 488 g/mol. The Bertz CT molecular complexity index is 1400. The summed E-state index contributed by atoms with van der Waals surface area (Å²) in [6, 6.07) is 21.0. The normalized spacial score (nSPS) is 14.1. The SMILES string of the molecule is O=C(OCCOc1ccc(Cl)cc1)c1c2c(nc3ccccc13)C(=Cc1ccc(F)cc1)CCC2. The second-order valence-corrected chi connectivity index (χ2v) is 8.78. The van der Waals surface area contributed by atoms with E-state index in [1.165, 1.54) is 12.1 Å². The third-order valence-electron chi connectivity index (χ3n) is 5.98. The summed E-state index contributed by atoms with van der Waals surface area (Å²) in [5.41, 5.74) is 4.93. The van der Waals surface area contributed by atoms with Gasteiger partial charge in [0, 0.05) is 10.4 Å². The standard InChI is InChI=1S/C29H23ClFNO3/c30-21-10-14-23(15-11-21)34-16-17-35-29(33)27-24-5-1-2-7-26(24)32-28-20(4-3-6-25(27)28)18-19-8-12-22(31)13-9-19/h1-2,5,7-15,18H,3-4,6,16-17H2. The van der Waals surface area contributed by atoms with E-state index < -0.39 is 0 Å². The summed E-state index contributed by atoms with van der Waals surface area (Å²) in [4.78, 5) is 18.2. The van der Waals surface area contributed by atoms with Crippen molar-refractivity contribution in [1.29, 1.82) is 0 Å². The summed E-state index contributed by atoms with van der Waals surface area (Å²) in [7, 11) is 0. The lowest BCUT2D eigenvalue weighted by atomic mass is 9.86. The van der Waals surface area contributed by atoms with Gasteiger partial charge in [0.1, 0.15) is 24.8 Å². The Morgan fingerprint density at radius 2 is 1.74 bits per heavy atom. The van der Waals surface area contributed by atoms with Crippen LogP contribution < -0.4 is 4.74 Å². The number of aromatic nitrogens is 1. The molecular weight excluding hydrogens is 465 g/mol. The van der Waals surface area contributed by atoms with Crippen LogP contribution >= 0.6 is 11.6 Å². The Morgan fingerprint density at radius 3 is 2.54 bits per heavy atom. The van der Waals surface area contributed by atoms with E-state index >= 15 is 0 Å². The number of pyridine rings is 1. The Balaban J connectivity index is 1.43. The van der Waals surface area contributed by atoms with E-state index in [0.717, 1.165) is 52.6 Å². The molecule has 4 aromatic rings. The van der Waals surface area contributed by atoms with Crippen LogP contribution in [0.15, 0.2) is 72.8 Å². The Morgan fingerprint density at radius 1 is 0.971 bits per heavy atom. The van der Waals surface area contributed by atoms with Crippen molar-refractivity contribution in [3.05, 3.63) is 106 Å². The maximum Gasteiger partial charge on any atom is 0.339 e. The lowest BCUT2D eigenvalue weighted by Gasteiger charge is -2.22. The number of nitrogens with zero attached hydrogens (tertiary/aromatic N) is 1. The number of para-hydroxylation sites is 1. The highest BCUT2D eigenvalue weighted by Gasteiger charge is 2.26. The molecule has 1 aliphatic carbocycles. The van der Waals surface area contributed by atoms with Crippen molar-refractivity contribution in [1.82, 2.24) is 4.98 Å². The minimum absolute atomic E-state index is 0.116. The van der Waals surface area contributed by atoms with Gasteiger partial charge in [0.05, 0.1) is 16.8 Å². The molecule has 0 N–H and O–H groups in total. The van der Waals surface area contributed by atoms with E-state index in [4.69, 9.17) is 26.1 Å². The van der Waals surface area contributed by atoms with E-state index in [1.807, 2.05) is 30.3 Å². The molecule has 1 heterocycles. The zero-order valence-electron chi connectivity index (χ0n) is 19.0. The van der Waals surface area contributed by atoms with Crippen molar-refractivity contribution in [2.24, 2.45) is 0 Å². The topological polar surface area (TPSA) is 48.4 Å². The molecule has 1 aromatic heterocycles. The number of rotatable bonds is 6. The first-order valence-electron chi connectivity index (χ1n) is 11.5. The van der Waals surface area contributed by atoms with Crippen LogP contribution in [0.3, 0.4) is 0 Å². The van der Waals surface area contributed by atoms with E-state index in [0.29, 0.717) is 16.3 Å². The highest BCUT2D eigenvalue weighted by atomic mass is 35.5. The Hall–Kier alpha value is -3.70. The predicted molar refractivity (Wildman–Crippen MR) is 136 cm³/mol. The molecule has 0 unspecified atom stereocenters. The monoisotopic (exact) mass is 487 g/mol. The van der Waals surface area contributed by atoms with Crippen molar-refractivity contribution < 1.29 is 18.7 Å². The van der Waals surface area contributed by atoms with Crippen molar-refractivity contribution in [3.8, 4) is 5.75 Å². The van der Waals surface area contributed by atoms with Crippen LogP contribution in [0.2, 0.25) is 5.02 Å². The summed E-state index contributed by atoms with van der Waals surface area (Å²) in [6.45, 7) is 0.347. The molecule has 176 valence electrons. The number of hydrogen-bond donors (Lipinski definition) is 0. The number of benzene rings is 3. The number of esters is 1. The number of fused-ring (bicyclic) bond motifs is 2. The van der Waals surface area contributed by atoms with E-state index in [2.05, 4.69) is 0 Å². The highest BCUT2D eigenvalue weighted by Crippen LogP contribution is 2.36. The molecule has 0 bridgehead atoms. The lowest BCUT2D eigenvalue weighted by molar-refractivity contribution is 0.0451. The van der Waals surface area contributed by atoms with Crippen LogP contribution in [-0.4, -0.2) is 24.2 Å². The molecule has 6 heteroatoms.